The summed E-state index contributed by atoms with van der Waals surface area (Å²) in [7, 11) is 9.98. The zero-order valence-electron chi connectivity index (χ0n) is 16.9. The highest BCUT2D eigenvalue weighted by Gasteiger charge is 2.11. The second-order valence-electron chi connectivity index (χ2n) is 6.78. The van der Waals surface area contributed by atoms with Gasteiger partial charge in [0.05, 0.1) is 6.54 Å². The van der Waals surface area contributed by atoms with Crippen molar-refractivity contribution in [3.8, 4) is 5.75 Å². The average Bonchev–Trinajstić information content (AvgIpc) is 2.93. The van der Waals surface area contributed by atoms with E-state index in [4.69, 9.17) is 4.74 Å². The SMILES string of the molecule is CN=C(NCc1ccccc1OCCN(C)C)N(C)Cc1cc(Br)cn1C. The van der Waals surface area contributed by atoms with Crippen LogP contribution in [0.2, 0.25) is 0 Å². The maximum absolute atomic E-state index is 5.94. The minimum atomic E-state index is 0.659. The van der Waals surface area contributed by atoms with Crippen molar-refractivity contribution in [3.63, 3.8) is 0 Å². The van der Waals surface area contributed by atoms with Crippen LogP contribution in [0.1, 0.15) is 11.3 Å². The molecule has 2 rings (SSSR count). The van der Waals surface area contributed by atoms with Crippen LogP contribution in [0, 0.1) is 0 Å². The summed E-state index contributed by atoms with van der Waals surface area (Å²) in [5, 5.41) is 3.44. The fourth-order valence-corrected chi connectivity index (χ4v) is 3.30. The van der Waals surface area contributed by atoms with Gasteiger partial charge >= 0.3 is 0 Å². The smallest absolute Gasteiger partial charge is 0.194 e. The third-order valence-corrected chi connectivity index (χ3v) is 4.69. The fraction of sp³-hybridized carbons (Fsp3) is 0.450. The Morgan fingerprint density at radius 2 is 2.00 bits per heavy atom. The molecule has 0 fully saturated rings. The zero-order chi connectivity index (χ0) is 19.8. The quantitative estimate of drug-likeness (QED) is 0.511. The number of halogens is 1. The lowest BCUT2D eigenvalue weighted by molar-refractivity contribution is 0.259. The van der Waals surface area contributed by atoms with Crippen LogP contribution in [0.4, 0.5) is 0 Å². The molecule has 2 aromatic rings. The molecule has 1 aromatic heterocycles. The molecule has 0 unspecified atom stereocenters. The lowest BCUT2D eigenvalue weighted by Gasteiger charge is -2.23. The molecule has 1 N–H and O–H groups in total. The highest BCUT2D eigenvalue weighted by Crippen LogP contribution is 2.18. The fourth-order valence-electron chi connectivity index (χ4n) is 2.73. The Balaban J connectivity index is 1.96. The highest BCUT2D eigenvalue weighted by atomic mass is 79.9. The largest absolute Gasteiger partial charge is 0.492 e. The van der Waals surface area contributed by atoms with Gasteiger partial charge in [-0.05, 0) is 42.2 Å². The molecule has 27 heavy (non-hydrogen) atoms. The minimum absolute atomic E-state index is 0.659. The Kier molecular flexibility index (Phi) is 8.19. The molecule has 148 valence electrons. The van der Waals surface area contributed by atoms with Crippen LogP contribution in [0.15, 0.2) is 46.0 Å². The molecule has 7 heteroatoms. The van der Waals surface area contributed by atoms with Crippen LogP contribution in [0.5, 0.6) is 5.75 Å². The Morgan fingerprint density at radius 3 is 2.63 bits per heavy atom. The molecule has 1 aromatic carbocycles. The number of aryl methyl sites for hydroxylation is 1. The number of likely N-dealkylation sites (N-methyl/N-ethyl adjacent to an activating group) is 1. The van der Waals surface area contributed by atoms with Crippen LogP contribution in [-0.2, 0) is 20.1 Å². The Hall–Kier alpha value is -1.99. The van der Waals surface area contributed by atoms with Gasteiger partial charge in [0.15, 0.2) is 5.96 Å². The molecular formula is C20H30BrN5O. The van der Waals surface area contributed by atoms with Crippen LogP contribution in [0.25, 0.3) is 0 Å². The number of ether oxygens (including phenoxy) is 1. The second kappa shape index (κ2) is 10.4. The molecular weight excluding hydrogens is 406 g/mol. The molecule has 0 aliphatic rings. The van der Waals surface area contributed by atoms with E-state index >= 15 is 0 Å². The van der Waals surface area contributed by atoms with Crippen molar-refractivity contribution in [2.75, 3.05) is 41.3 Å². The lowest BCUT2D eigenvalue weighted by atomic mass is 10.2. The standard InChI is InChI=1S/C20H30BrN5O/c1-22-20(26(5)15-18-12-17(21)14-25(18)4)23-13-16-8-6-7-9-19(16)27-11-10-24(2)3/h6-9,12,14H,10-11,13,15H2,1-5H3,(H,22,23). The minimum Gasteiger partial charge on any atom is -0.492 e. The first-order valence-electron chi connectivity index (χ1n) is 8.98. The second-order valence-corrected chi connectivity index (χ2v) is 7.69. The molecule has 0 radical (unpaired) electrons. The number of aliphatic imine (C=N–C) groups is 1. The first-order valence-corrected chi connectivity index (χ1v) is 9.78. The maximum Gasteiger partial charge on any atom is 0.194 e. The van der Waals surface area contributed by atoms with Crippen LogP contribution in [-0.4, -0.2) is 61.7 Å². The number of rotatable bonds is 8. The van der Waals surface area contributed by atoms with E-state index in [9.17, 15) is 0 Å². The van der Waals surface area contributed by atoms with E-state index in [0.29, 0.717) is 13.2 Å². The first-order chi connectivity index (χ1) is 12.9. The lowest BCUT2D eigenvalue weighted by Crippen LogP contribution is -2.38. The Morgan fingerprint density at radius 1 is 1.26 bits per heavy atom. The van der Waals surface area contributed by atoms with E-state index < -0.39 is 0 Å². The molecule has 0 saturated heterocycles. The zero-order valence-corrected chi connectivity index (χ0v) is 18.5. The average molecular weight is 436 g/mol. The predicted octanol–water partition coefficient (Wildman–Crippen LogP) is 2.94. The van der Waals surface area contributed by atoms with E-state index in [0.717, 1.165) is 34.8 Å². The van der Waals surface area contributed by atoms with Gasteiger partial charge in [-0.3, -0.25) is 4.99 Å². The van der Waals surface area contributed by atoms with Gasteiger partial charge < -0.3 is 24.4 Å². The third-order valence-electron chi connectivity index (χ3n) is 4.25. The van der Waals surface area contributed by atoms with Crippen molar-refractivity contribution < 1.29 is 4.74 Å². The molecule has 0 saturated carbocycles. The van der Waals surface area contributed by atoms with E-state index in [1.54, 1.807) is 7.05 Å². The van der Waals surface area contributed by atoms with Crippen molar-refractivity contribution in [2.24, 2.45) is 12.0 Å². The molecule has 0 bridgehead atoms. The molecule has 0 amide bonds. The van der Waals surface area contributed by atoms with E-state index in [1.807, 2.05) is 46.4 Å². The van der Waals surface area contributed by atoms with Crippen LogP contribution >= 0.6 is 15.9 Å². The summed E-state index contributed by atoms with van der Waals surface area (Å²) in [6.45, 7) is 2.98. The number of benzene rings is 1. The summed E-state index contributed by atoms with van der Waals surface area (Å²) in [6.07, 6.45) is 2.06. The molecule has 0 aliphatic heterocycles. The van der Waals surface area contributed by atoms with Gasteiger partial charge in [0, 0.05) is 56.2 Å². The highest BCUT2D eigenvalue weighted by molar-refractivity contribution is 9.10. The number of para-hydroxylation sites is 1. The monoisotopic (exact) mass is 435 g/mol. The molecule has 0 atom stereocenters. The number of nitrogens with zero attached hydrogens (tertiary/aromatic N) is 4. The van der Waals surface area contributed by atoms with Gasteiger partial charge in [-0.25, -0.2) is 0 Å². The summed E-state index contributed by atoms with van der Waals surface area (Å²) in [6, 6.07) is 10.3. The summed E-state index contributed by atoms with van der Waals surface area (Å²) >= 11 is 3.52. The van der Waals surface area contributed by atoms with Crippen LogP contribution in [0.3, 0.4) is 0 Å². The topological polar surface area (TPSA) is 45.0 Å². The molecule has 0 aliphatic carbocycles. The summed E-state index contributed by atoms with van der Waals surface area (Å²) in [5.41, 5.74) is 2.33. The van der Waals surface area contributed by atoms with Gasteiger partial charge in [0.25, 0.3) is 0 Å². The van der Waals surface area contributed by atoms with Gasteiger partial charge in [0.2, 0.25) is 0 Å². The number of guanidine groups is 1. The van der Waals surface area contributed by atoms with E-state index in [2.05, 4.69) is 58.9 Å². The first kappa shape index (κ1) is 21.3. The number of hydrogen-bond donors (Lipinski definition) is 1. The van der Waals surface area contributed by atoms with Gasteiger partial charge in [-0.1, -0.05) is 18.2 Å². The summed E-state index contributed by atoms with van der Waals surface area (Å²) in [5.74, 6) is 1.76. The van der Waals surface area contributed by atoms with Crippen LogP contribution < -0.4 is 10.1 Å². The van der Waals surface area contributed by atoms with Crippen molar-refractivity contribution >= 4 is 21.9 Å². The van der Waals surface area contributed by atoms with E-state index in [-0.39, 0.29) is 0 Å². The van der Waals surface area contributed by atoms with Crippen molar-refractivity contribution in [2.45, 2.75) is 13.1 Å². The van der Waals surface area contributed by atoms with Crippen molar-refractivity contribution in [1.82, 2.24) is 19.7 Å². The maximum atomic E-state index is 5.94. The predicted molar refractivity (Wildman–Crippen MR) is 115 cm³/mol. The molecule has 0 spiro atoms. The van der Waals surface area contributed by atoms with Crippen molar-refractivity contribution in [1.29, 1.82) is 0 Å². The van der Waals surface area contributed by atoms with Gasteiger partial charge in [-0.2, -0.15) is 0 Å². The molecule has 6 nitrogen and oxygen atoms in total. The van der Waals surface area contributed by atoms with Gasteiger partial charge in [-0.15, -0.1) is 0 Å². The molecule has 1 heterocycles. The number of nitrogens with one attached hydrogen (secondary N) is 1. The normalized spacial score (nSPS) is 11.7. The number of aromatic nitrogens is 1. The Bertz CT molecular complexity index is 757. The Labute approximate surface area is 171 Å². The number of hydrogen-bond acceptors (Lipinski definition) is 3. The third kappa shape index (κ3) is 6.59. The van der Waals surface area contributed by atoms with Gasteiger partial charge in [0.1, 0.15) is 12.4 Å². The summed E-state index contributed by atoms with van der Waals surface area (Å²) < 4.78 is 9.14. The summed E-state index contributed by atoms with van der Waals surface area (Å²) in [4.78, 5) is 8.63. The van der Waals surface area contributed by atoms with Crippen molar-refractivity contribution in [3.05, 3.63) is 52.3 Å². The van der Waals surface area contributed by atoms with E-state index in [1.165, 1.54) is 5.69 Å².